The molecule has 1 fully saturated rings. The molecule has 1 aromatic rings. The van der Waals surface area contributed by atoms with Gasteiger partial charge in [0.15, 0.2) is 0 Å². The third kappa shape index (κ3) is 1.91. The number of pyridine rings is 1. The van der Waals surface area contributed by atoms with Gasteiger partial charge in [-0.2, -0.15) is 0 Å². The zero-order valence-electron chi connectivity index (χ0n) is 9.51. The van der Waals surface area contributed by atoms with Crippen LogP contribution in [0.4, 0.5) is 11.5 Å². The largest absolute Gasteiger partial charge is 0.398 e. The van der Waals surface area contributed by atoms with Crippen molar-refractivity contribution >= 4 is 11.5 Å². The maximum Gasteiger partial charge on any atom is 0.128 e. The first-order valence-electron chi connectivity index (χ1n) is 5.65. The molecule has 0 aromatic carbocycles. The molecule has 0 saturated heterocycles. The second-order valence-electron chi connectivity index (χ2n) is 4.54. The number of hydrogen-bond acceptors (Lipinski definition) is 3. The zero-order chi connectivity index (χ0) is 10.9. The summed E-state index contributed by atoms with van der Waals surface area (Å²) in [4.78, 5) is 4.36. The van der Waals surface area contributed by atoms with Crippen molar-refractivity contribution in [3.05, 3.63) is 17.8 Å². The third-order valence-corrected chi connectivity index (χ3v) is 3.53. The summed E-state index contributed by atoms with van der Waals surface area (Å²) in [5.74, 6) is 0.916. The highest BCUT2D eigenvalue weighted by atomic mass is 15.1. The minimum absolute atomic E-state index is 0.286. The second kappa shape index (κ2) is 3.72. The van der Waals surface area contributed by atoms with Gasteiger partial charge in [-0.05, 0) is 38.2 Å². The highest BCUT2D eigenvalue weighted by Gasteiger charge is 2.35. The molecule has 0 atom stereocenters. The fraction of sp³-hybridized carbons (Fsp3) is 0.583. The summed E-state index contributed by atoms with van der Waals surface area (Å²) in [7, 11) is 0. The molecule has 3 heteroatoms. The van der Waals surface area contributed by atoms with Crippen molar-refractivity contribution in [3.8, 4) is 0 Å². The quantitative estimate of drug-likeness (QED) is 0.797. The lowest BCUT2D eigenvalue weighted by atomic mass is 9.75. The Labute approximate surface area is 91.1 Å². The topological polar surface area (TPSA) is 50.9 Å². The molecule has 0 unspecified atom stereocenters. The lowest BCUT2D eigenvalue weighted by molar-refractivity contribution is 0.269. The fourth-order valence-electron chi connectivity index (χ4n) is 2.05. The number of aryl methyl sites for hydroxylation is 1. The number of anilines is 2. The third-order valence-electron chi connectivity index (χ3n) is 3.53. The molecule has 82 valence electrons. The highest BCUT2D eigenvalue weighted by molar-refractivity contribution is 5.54. The average molecular weight is 205 g/mol. The van der Waals surface area contributed by atoms with E-state index in [2.05, 4.69) is 17.2 Å². The average Bonchev–Trinajstić information content (AvgIpc) is 2.17. The van der Waals surface area contributed by atoms with E-state index < -0.39 is 0 Å². The van der Waals surface area contributed by atoms with Gasteiger partial charge in [0, 0.05) is 23.5 Å². The van der Waals surface area contributed by atoms with Crippen molar-refractivity contribution in [2.75, 3.05) is 11.1 Å². The zero-order valence-corrected chi connectivity index (χ0v) is 9.51. The van der Waals surface area contributed by atoms with Crippen LogP contribution in [0.5, 0.6) is 0 Å². The van der Waals surface area contributed by atoms with Crippen LogP contribution < -0.4 is 11.1 Å². The Morgan fingerprint density at radius 2 is 2.27 bits per heavy atom. The molecular weight excluding hydrogens is 186 g/mol. The molecule has 1 aliphatic carbocycles. The summed E-state index contributed by atoms with van der Waals surface area (Å²) in [5.41, 5.74) is 8.01. The number of nitrogens with zero attached hydrogens (tertiary/aromatic N) is 1. The molecule has 2 rings (SSSR count). The molecule has 1 aromatic heterocycles. The van der Waals surface area contributed by atoms with E-state index in [-0.39, 0.29) is 5.54 Å². The van der Waals surface area contributed by atoms with Crippen molar-refractivity contribution in [2.45, 2.75) is 45.1 Å². The van der Waals surface area contributed by atoms with Crippen LogP contribution in [0.25, 0.3) is 0 Å². The van der Waals surface area contributed by atoms with E-state index in [1.807, 2.05) is 19.2 Å². The highest BCUT2D eigenvalue weighted by Crippen LogP contribution is 2.37. The molecule has 3 N–H and O–H groups in total. The van der Waals surface area contributed by atoms with Gasteiger partial charge in [-0.25, -0.2) is 4.98 Å². The minimum Gasteiger partial charge on any atom is -0.398 e. The molecule has 1 saturated carbocycles. The lowest BCUT2D eigenvalue weighted by Crippen LogP contribution is -2.44. The van der Waals surface area contributed by atoms with Crippen LogP contribution in [0.1, 0.15) is 38.2 Å². The summed E-state index contributed by atoms with van der Waals surface area (Å²) in [5, 5.41) is 3.52. The Morgan fingerprint density at radius 1 is 1.53 bits per heavy atom. The molecule has 3 nitrogen and oxygen atoms in total. The summed E-state index contributed by atoms with van der Waals surface area (Å²) in [6.45, 7) is 4.20. The molecule has 0 radical (unpaired) electrons. The van der Waals surface area contributed by atoms with Gasteiger partial charge in [0.25, 0.3) is 0 Å². The van der Waals surface area contributed by atoms with E-state index in [4.69, 9.17) is 5.73 Å². The van der Waals surface area contributed by atoms with E-state index in [0.717, 1.165) is 23.5 Å². The monoisotopic (exact) mass is 205 g/mol. The van der Waals surface area contributed by atoms with Crippen molar-refractivity contribution in [1.29, 1.82) is 0 Å². The Morgan fingerprint density at radius 3 is 2.73 bits per heavy atom. The van der Waals surface area contributed by atoms with E-state index in [0.29, 0.717) is 0 Å². The number of hydrogen-bond donors (Lipinski definition) is 2. The predicted octanol–water partition coefficient (Wildman–Crippen LogP) is 2.72. The lowest BCUT2D eigenvalue weighted by Gasteiger charge is -2.42. The molecule has 0 aliphatic heterocycles. The first-order chi connectivity index (χ1) is 7.15. The fourth-order valence-corrected chi connectivity index (χ4v) is 2.05. The Balaban J connectivity index is 2.13. The predicted molar refractivity (Wildman–Crippen MR) is 63.9 cm³/mol. The molecule has 1 heterocycles. The van der Waals surface area contributed by atoms with Crippen LogP contribution in [-0.4, -0.2) is 10.5 Å². The first-order valence-corrected chi connectivity index (χ1v) is 5.65. The summed E-state index contributed by atoms with van der Waals surface area (Å²) in [6, 6.07) is 1.94. The molecule has 0 amide bonds. The Kier molecular flexibility index (Phi) is 2.55. The molecule has 1 aliphatic rings. The van der Waals surface area contributed by atoms with Gasteiger partial charge in [-0.3, -0.25) is 0 Å². The second-order valence-corrected chi connectivity index (χ2v) is 4.54. The van der Waals surface area contributed by atoms with Gasteiger partial charge < -0.3 is 11.1 Å². The van der Waals surface area contributed by atoms with Crippen molar-refractivity contribution < 1.29 is 0 Å². The van der Waals surface area contributed by atoms with Gasteiger partial charge in [0.1, 0.15) is 5.82 Å². The van der Waals surface area contributed by atoms with Crippen molar-refractivity contribution in [2.24, 2.45) is 0 Å². The van der Waals surface area contributed by atoms with E-state index in [1.54, 1.807) is 0 Å². The Hall–Kier alpha value is -1.25. The maximum absolute atomic E-state index is 5.86. The van der Waals surface area contributed by atoms with E-state index >= 15 is 0 Å². The minimum atomic E-state index is 0.286. The normalized spacial score (nSPS) is 18.3. The van der Waals surface area contributed by atoms with Gasteiger partial charge >= 0.3 is 0 Å². The number of nitrogens with one attached hydrogen (secondary N) is 1. The van der Waals surface area contributed by atoms with Gasteiger partial charge in [0.05, 0.1) is 0 Å². The number of rotatable bonds is 3. The summed E-state index contributed by atoms with van der Waals surface area (Å²) >= 11 is 0. The van der Waals surface area contributed by atoms with Crippen LogP contribution >= 0.6 is 0 Å². The van der Waals surface area contributed by atoms with Crippen molar-refractivity contribution in [3.63, 3.8) is 0 Å². The molecular formula is C12H19N3. The molecule has 15 heavy (non-hydrogen) atoms. The summed E-state index contributed by atoms with van der Waals surface area (Å²) in [6.07, 6.45) is 6.81. The standard InChI is InChI=1S/C12H19N3/c1-3-12(5-4-6-12)15-11-7-10(13)9(2)8-14-11/h7-8H,3-6H2,1-2H3,(H3,13,14,15). The van der Waals surface area contributed by atoms with Crippen LogP contribution in [0.15, 0.2) is 12.3 Å². The SMILES string of the molecule is CCC1(Nc2cc(N)c(C)cn2)CCC1. The summed E-state index contributed by atoms with van der Waals surface area (Å²) < 4.78 is 0. The van der Waals surface area contributed by atoms with Gasteiger partial charge in [0.2, 0.25) is 0 Å². The molecule has 0 bridgehead atoms. The smallest absolute Gasteiger partial charge is 0.128 e. The van der Waals surface area contributed by atoms with Crippen molar-refractivity contribution in [1.82, 2.24) is 4.98 Å². The maximum atomic E-state index is 5.86. The number of aromatic nitrogens is 1. The van der Waals surface area contributed by atoms with Gasteiger partial charge in [-0.1, -0.05) is 6.92 Å². The first kappa shape index (κ1) is 10.3. The molecule has 0 spiro atoms. The van der Waals surface area contributed by atoms with Crippen LogP contribution in [0.3, 0.4) is 0 Å². The number of nitrogen functional groups attached to an aromatic ring is 1. The van der Waals surface area contributed by atoms with Crippen LogP contribution in [0, 0.1) is 6.92 Å². The number of nitrogens with two attached hydrogens (primary N) is 1. The van der Waals surface area contributed by atoms with E-state index in [1.165, 1.54) is 19.3 Å². The van der Waals surface area contributed by atoms with E-state index in [9.17, 15) is 0 Å². The van der Waals surface area contributed by atoms with Crippen LogP contribution in [0.2, 0.25) is 0 Å². The Bertz CT molecular complexity index is 350. The van der Waals surface area contributed by atoms with Crippen LogP contribution in [-0.2, 0) is 0 Å². The van der Waals surface area contributed by atoms with Gasteiger partial charge in [-0.15, -0.1) is 0 Å².